The van der Waals surface area contributed by atoms with Crippen LogP contribution in [0, 0.1) is 0 Å². The zero-order valence-electron chi connectivity index (χ0n) is 16.7. The van der Waals surface area contributed by atoms with E-state index in [1.807, 2.05) is 30.3 Å². The van der Waals surface area contributed by atoms with Gasteiger partial charge in [0, 0.05) is 74.8 Å². The smallest absolute Gasteiger partial charge is 0.335 e. The minimum Gasteiger partial charge on any atom is -0.480 e. The number of aromatic nitrogens is 2. The van der Waals surface area contributed by atoms with E-state index in [1.54, 1.807) is 29.1 Å². The number of hydrogen-bond acceptors (Lipinski definition) is 5. The number of pyridine rings is 1. The van der Waals surface area contributed by atoms with Crippen molar-refractivity contribution in [2.75, 3.05) is 26.2 Å². The van der Waals surface area contributed by atoms with Crippen molar-refractivity contribution in [3.63, 3.8) is 0 Å². The molecule has 8 heteroatoms. The summed E-state index contributed by atoms with van der Waals surface area (Å²) in [6.45, 7) is 3.62. The fourth-order valence-corrected chi connectivity index (χ4v) is 4.18. The van der Waals surface area contributed by atoms with E-state index >= 15 is 0 Å². The van der Waals surface area contributed by atoms with Crippen LogP contribution in [0.15, 0.2) is 48.9 Å². The molecule has 0 saturated carbocycles. The van der Waals surface area contributed by atoms with Crippen LogP contribution in [0.1, 0.15) is 27.5 Å². The van der Waals surface area contributed by atoms with Gasteiger partial charge in [0.15, 0.2) is 0 Å². The van der Waals surface area contributed by atoms with Crippen molar-refractivity contribution >= 4 is 22.8 Å². The number of carbonyl (C=O) groups is 2. The number of carboxylic acids is 2. The second-order valence-electron chi connectivity index (χ2n) is 7.65. The van der Waals surface area contributed by atoms with Gasteiger partial charge in [0.2, 0.25) is 0 Å². The minimum absolute atomic E-state index is 0.186. The third kappa shape index (κ3) is 3.92. The molecule has 1 aliphatic rings. The van der Waals surface area contributed by atoms with Gasteiger partial charge in [-0.3, -0.25) is 19.6 Å². The zero-order valence-corrected chi connectivity index (χ0v) is 16.7. The van der Waals surface area contributed by atoms with Gasteiger partial charge in [-0.05, 0) is 23.8 Å². The van der Waals surface area contributed by atoms with E-state index in [0.717, 1.165) is 30.6 Å². The third-order valence-electron chi connectivity index (χ3n) is 5.70. The number of nitrogens with zero attached hydrogens (tertiary/aromatic N) is 4. The molecule has 0 aliphatic carbocycles. The summed E-state index contributed by atoms with van der Waals surface area (Å²) in [6, 6.07) is 8.02. The molecule has 1 aliphatic heterocycles. The molecule has 0 amide bonds. The Morgan fingerprint density at radius 3 is 2.53 bits per heavy atom. The van der Waals surface area contributed by atoms with Crippen molar-refractivity contribution in [2.45, 2.75) is 12.6 Å². The van der Waals surface area contributed by atoms with Gasteiger partial charge in [-0.25, -0.2) is 4.79 Å². The minimum atomic E-state index is -1.00. The van der Waals surface area contributed by atoms with Gasteiger partial charge in [-0.15, -0.1) is 0 Å². The van der Waals surface area contributed by atoms with Gasteiger partial charge in [0.1, 0.15) is 6.04 Å². The first-order chi connectivity index (χ1) is 14.4. The highest BCUT2D eigenvalue weighted by Gasteiger charge is 2.32. The first-order valence-corrected chi connectivity index (χ1v) is 9.84. The van der Waals surface area contributed by atoms with Crippen molar-refractivity contribution in [3.8, 4) is 0 Å². The maximum Gasteiger partial charge on any atom is 0.335 e. The summed E-state index contributed by atoms with van der Waals surface area (Å²) in [7, 11) is 1.81. The lowest BCUT2D eigenvalue weighted by atomic mass is 10.0. The largest absolute Gasteiger partial charge is 0.480 e. The Labute approximate surface area is 174 Å². The summed E-state index contributed by atoms with van der Waals surface area (Å²) >= 11 is 0. The van der Waals surface area contributed by atoms with Crippen LogP contribution in [0.4, 0.5) is 0 Å². The molecule has 2 aromatic heterocycles. The first-order valence-electron chi connectivity index (χ1n) is 9.84. The first kappa shape index (κ1) is 20.1. The summed E-state index contributed by atoms with van der Waals surface area (Å²) < 4.78 is 1.80. The van der Waals surface area contributed by atoms with E-state index in [0.29, 0.717) is 24.2 Å². The van der Waals surface area contributed by atoms with Gasteiger partial charge >= 0.3 is 11.9 Å². The average molecular weight is 408 g/mol. The molecule has 30 heavy (non-hydrogen) atoms. The lowest BCUT2D eigenvalue weighted by Crippen LogP contribution is -2.48. The summed E-state index contributed by atoms with van der Waals surface area (Å²) in [5, 5.41) is 20.0. The Bertz CT molecular complexity index is 1070. The lowest BCUT2D eigenvalue weighted by Gasteiger charge is -2.37. The zero-order chi connectivity index (χ0) is 21.3. The maximum atomic E-state index is 12.2. The molecule has 4 rings (SSSR count). The molecule has 0 radical (unpaired) electrons. The quantitative estimate of drug-likeness (QED) is 0.645. The standard InChI is InChI=1S/C22H24N4O4/c1-24-14-18(17-5-4-16(21(27)28)11-19(17)24)20(22(29)30)26-9-7-25(8-10-26)13-15-3-2-6-23-12-15/h2-6,11-12,14,20H,7-10,13H2,1H3,(H,27,28)(H,29,30). The molecule has 1 fully saturated rings. The normalized spacial score (nSPS) is 16.6. The number of fused-ring (bicyclic) bond motifs is 1. The number of piperazine rings is 1. The third-order valence-corrected chi connectivity index (χ3v) is 5.70. The number of aryl methyl sites for hydroxylation is 1. The molecule has 156 valence electrons. The molecule has 0 spiro atoms. The monoisotopic (exact) mass is 408 g/mol. The second-order valence-corrected chi connectivity index (χ2v) is 7.65. The van der Waals surface area contributed by atoms with Crippen molar-refractivity contribution in [2.24, 2.45) is 7.05 Å². The van der Waals surface area contributed by atoms with Gasteiger partial charge in [0.25, 0.3) is 0 Å². The Balaban J connectivity index is 1.55. The maximum absolute atomic E-state index is 12.2. The number of hydrogen-bond donors (Lipinski definition) is 2. The van der Waals surface area contributed by atoms with Crippen LogP contribution >= 0.6 is 0 Å². The number of carboxylic acid groups (broad SMARTS) is 2. The molecular formula is C22H24N4O4. The van der Waals surface area contributed by atoms with Crippen LogP contribution in [0.25, 0.3) is 10.9 Å². The Morgan fingerprint density at radius 1 is 1.13 bits per heavy atom. The number of aromatic carboxylic acids is 1. The van der Waals surface area contributed by atoms with Crippen LogP contribution in [0.2, 0.25) is 0 Å². The van der Waals surface area contributed by atoms with E-state index < -0.39 is 18.0 Å². The fourth-order valence-electron chi connectivity index (χ4n) is 4.18. The molecule has 8 nitrogen and oxygen atoms in total. The summed E-state index contributed by atoms with van der Waals surface area (Å²) in [5.74, 6) is -1.90. The average Bonchev–Trinajstić information content (AvgIpc) is 3.05. The van der Waals surface area contributed by atoms with Gasteiger partial charge in [-0.2, -0.15) is 0 Å². The molecule has 3 aromatic rings. The Morgan fingerprint density at radius 2 is 1.90 bits per heavy atom. The van der Waals surface area contributed by atoms with Crippen molar-refractivity contribution in [1.82, 2.24) is 19.4 Å². The molecular weight excluding hydrogens is 384 g/mol. The van der Waals surface area contributed by atoms with Crippen LogP contribution in [0.5, 0.6) is 0 Å². The number of benzene rings is 1. The SMILES string of the molecule is Cn1cc(C(C(=O)O)N2CCN(Cc3cccnc3)CC2)c2ccc(C(=O)O)cc21. The van der Waals surface area contributed by atoms with E-state index in [1.165, 1.54) is 6.07 Å². The fraction of sp³-hybridized carbons (Fsp3) is 0.318. The van der Waals surface area contributed by atoms with Crippen molar-refractivity contribution in [1.29, 1.82) is 0 Å². The number of rotatable bonds is 6. The van der Waals surface area contributed by atoms with Crippen molar-refractivity contribution in [3.05, 3.63) is 65.6 Å². The van der Waals surface area contributed by atoms with Gasteiger partial charge in [0.05, 0.1) is 5.56 Å². The van der Waals surface area contributed by atoms with Crippen LogP contribution < -0.4 is 0 Å². The van der Waals surface area contributed by atoms with E-state index in [2.05, 4.69) is 9.88 Å². The lowest BCUT2D eigenvalue weighted by molar-refractivity contribution is -0.144. The molecule has 1 saturated heterocycles. The van der Waals surface area contributed by atoms with Gasteiger partial charge < -0.3 is 14.8 Å². The van der Waals surface area contributed by atoms with E-state index in [9.17, 15) is 19.8 Å². The van der Waals surface area contributed by atoms with Crippen molar-refractivity contribution < 1.29 is 19.8 Å². The molecule has 3 heterocycles. The number of aliphatic carboxylic acids is 1. The van der Waals surface area contributed by atoms with Crippen LogP contribution in [0.3, 0.4) is 0 Å². The van der Waals surface area contributed by atoms with Gasteiger partial charge in [-0.1, -0.05) is 12.1 Å². The van der Waals surface area contributed by atoms with E-state index in [4.69, 9.17) is 0 Å². The predicted octanol–water partition coefficient (Wildman–Crippen LogP) is 2.21. The molecule has 1 aromatic carbocycles. The topological polar surface area (TPSA) is 98.9 Å². The molecule has 1 atom stereocenters. The molecule has 1 unspecified atom stereocenters. The Kier molecular flexibility index (Phi) is 5.52. The van der Waals surface area contributed by atoms with Crippen LogP contribution in [-0.4, -0.2) is 67.7 Å². The molecule has 2 N–H and O–H groups in total. The highest BCUT2D eigenvalue weighted by molar-refractivity contribution is 5.96. The Hall–Kier alpha value is -3.23. The highest BCUT2D eigenvalue weighted by atomic mass is 16.4. The summed E-state index contributed by atoms with van der Waals surface area (Å²) in [5.41, 5.74) is 2.74. The van der Waals surface area contributed by atoms with E-state index in [-0.39, 0.29) is 5.56 Å². The molecule has 0 bridgehead atoms. The summed E-state index contributed by atoms with van der Waals surface area (Å²) in [6.07, 6.45) is 5.41. The van der Waals surface area contributed by atoms with Crippen LogP contribution in [-0.2, 0) is 18.4 Å². The summed E-state index contributed by atoms with van der Waals surface area (Å²) in [4.78, 5) is 32.0. The predicted molar refractivity (Wildman–Crippen MR) is 111 cm³/mol. The second kappa shape index (κ2) is 8.25. The highest BCUT2D eigenvalue weighted by Crippen LogP contribution is 2.31.